The molecule has 0 radical (unpaired) electrons. The molecule has 36 heavy (non-hydrogen) atoms. The first-order chi connectivity index (χ1) is 17.2. The first-order valence-corrected chi connectivity index (χ1v) is 12.5. The van der Waals surface area contributed by atoms with Crippen LogP contribution in [-0.2, 0) is 12.0 Å². The van der Waals surface area contributed by atoms with Gasteiger partial charge < -0.3 is 0 Å². The molecule has 1 aromatic heterocycles. The first kappa shape index (κ1) is 23.9. The maximum absolute atomic E-state index is 13.9. The van der Waals surface area contributed by atoms with Gasteiger partial charge in [-0.05, 0) is 34.2 Å². The summed E-state index contributed by atoms with van der Waals surface area (Å²) in [6, 6.07) is 25.8. The van der Waals surface area contributed by atoms with Gasteiger partial charge in [-0.15, -0.1) is 0 Å². The smallest absolute Gasteiger partial charge is 0.271 e. The molecule has 1 aliphatic rings. The summed E-state index contributed by atoms with van der Waals surface area (Å²) in [7, 11) is 0. The van der Waals surface area contributed by atoms with Gasteiger partial charge in [-0.25, -0.2) is 0 Å². The second kappa shape index (κ2) is 9.03. The number of benzene rings is 3. The maximum atomic E-state index is 13.9. The van der Waals surface area contributed by atoms with Crippen molar-refractivity contribution in [3.05, 3.63) is 122 Å². The van der Waals surface area contributed by atoms with E-state index < -0.39 is 11.8 Å². The third-order valence-corrected chi connectivity index (χ3v) is 7.12. The van der Waals surface area contributed by atoms with E-state index in [0.717, 1.165) is 15.6 Å². The lowest BCUT2D eigenvalue weighted by atomic mass is 9.85. The van der Waals surface area contributed by atoms with Crippen LogP contribution in [-0.4, -0.2) is 21.3 Å². The predicted octanol–water partition coefficient (Wildman–Crippen LogP) is 6.36. The number of pyridine rings is 1. The number of aromatic nitrogens is 1. The van der Waals surface area contributed by atoms with Gasteiger partial charge in [0.15, 0.2) is 0 Å². The van der Waals surface area contributed by atoms with E-state index in [2.05, 4.69) is 36.7 Å². The zero-order valence-corrected chi connectivity index (χ0v) is 21.9. The van der Waals surface area contributed by atoms with Crippen molar-refractivity contribution in [1.82, 2.24) is 9.47 Å². The van der Waals surface area contributed by atoms with Crippen molar-refractivity contribution in [3.8, 4) is 16.8 Å². The lowest BCUT2D eigenvalue weighted by Gasteiger charge is -2.24. The Bertz CT molecular complexity index is 1570. The molecule has 0 unspecified atom stereocenters. The van der Waals surface area contributed by atoms with Crippen molar-refractivity contribution in [3.63, 3.8) is 0 Å². The van der Waals surface area contributed by atoms with Gasteiger partial charge in [0.1, 0.15) is 5.69 Å². The molecule has 0 bridgehead atoms. The molecule has 0 atom stereocenters. The van der Waals surface area contributed by atoms with Crippen molar-refractivity contribution in [1.29, 1.82) is 0 Å². The van der Waals surface area contributed by atoms with Gasteiger partial charge in [0, 0.05) is 16.1 Å². The van der Waals surface area contributed by atoms with Gasteiger partial charge in [-0.2, -0.15) is 0 Å². The molecule has 4 aromatic rings. The van der Waals surface area contributed by atoms with Gasteiger partial charge in [-0.3, -0.25) is 23.9 Å². The number of rotatable bonds is 4. The zero-order valence-electron chi connectivity index (χ0n) is 20.3. The number of carbonyl (C=O) groups excluding carboxylic acids is 2. The van der Waals surface area contributed by atoms with Crippen molar-refractivity contribution in [2.75, 3.05) is 0 Å². The maximum Gasteiger partial charge on any atom is 0.278 e. The van der Waals surface area contributed by atoms with Gasteiger partial charge in [0.2, 0.25) is 0 Å². The number of hydrogen-bond donors (Lipinski definition) is 0. The van der Waals surface area contributed by atoms with Crippen LogP contribution in [0.15, 0.2) is 94.2 Å². The molecular formula is C30H25BrN2O3. The van der Waals surface area contributed by atoms with Gasteiger partial charge >= 0.3 is 0 Å². The molecule has 6 heteroatoms. The average Bonchev–Trinajstić information content (AvgIpc) is 3.09. The number of nitrogens with zero attached hydrogens (tertiary/aromatic N) is 2. The molecule has 0 aliphatic carbocycles. The molecule has 3 aromatic carbocycles. The van der Waals surface area contributed by atoms with E-state index in [4.69, 9.17) is 0 Å². The number of amides is 2. The van der Waals surface area contributed by atoms with Crippen LogP contribution in [0.25, 0.3) is 16.8 Å². The van der Waals surface area contributed by atoms with Crippen molar-refractivity contribution >= 4 is 27.7 Å². The van der Waals surface area contributed by atoms with Crippen LogP contribution in [0.5, 0.6) is 0 Å². The highest BCUT2D eigenvalue weighted by molar-refractivity contribution is 9.10. The lowest BCUT2D eigenvalue weighted by molar-refractivity contribution is 0.0639. The van der Waals surface area contributed by atoms with Crippen molar-refractivity contribution in [2.45, 2.75) is 32.7 Å². The number of imide groups is 1. The third-order valence-electron chi connectivity index (χ3n) is 6.43. The first-order valence-electron chi connectivity index (χ1n) is 11.7. The second-order valence-corrected chi connectivity index (χ2v) is 10.7. The molecule has 2 heterocycles. The van der Waals surface area contributed by atoms with E-state index in [1.165, 1.54) is 15.5 Å². The molecule has 180 valence electrons. The average molecular weight is 541 g/mol. The Morgan fingerprint density at radius 1 is 0.750 bits per heavy atom. The number of hydrogen-bond acceptors (Lipinski definition) is 3. The highest BCUT2D eigenvalue weighted by atomic mass is 79.9. The number of fused-ring (bicyclic) bond motifs is 1. The van der Waals surface area contributed by atoms with E-state index in [0.29, 0.717) is 16.8 Å². The Morgan fingerprint density at radius 2 is 1.39 bits per heavy atom. The zero-order chi connectivity index (χ0) is 25.6. The van der Waals surface area contributed by atoms with Gasteiger partial charge in [0.05, 0.1) is 17.8 Å². The molecule has 2 amide bonds. The highest BCUT2D eigenvalue weighted by Gasteiger charge is 2.42. The largest absolute Gasteiger partial charge is 0.278 e. The monoisotopic (exact) mass is 540 g/mol. The molecule has 5 rings (SSSR count). The van der Waals surface area contributed by atoms with Crippen LogP contribution in [0.4, 0.5) is 0 Å². The summed E-state index contributed by atoms with van der Waals surface area (Å²) < 4.78 is 2.16. The van der Waals surface area contributed by atoms with E-state index in [-0.39, 0.29) is 28.8 Å². The SMILES string of the molecule is CC(C)(C)c1ccccc1-n1c2c(c(-c3ccccc3Br)cc1=O)C(=O)N(Cc1ccccc1)C2=O. The summed E-state index contributed by atoms with van der Waals surface area (Å²) in [4.78, 5) is 42.8. The fraction of sp³-hybridized carbons (Fsp3) is 0.167. The summed E-state index contributed by atoms with van der Waals surface area (Å²) in [6.07, 6.45) is 0. The fourth-order valence-electron chi connectivity index (χ4n) is 4.73. The third kappa shape index (κ3) is 4.01. The van der Waals surface area contributed by atoms with Crippen molar-refractivity contribution in [2.24, 2.45) is 0 Å². The Labute approximate surface area is 218 Å². The van der Waals surface area contributed by atoms with Crippen LogP contribution in [0.3, 0.4) is 0 Å². The molecule has 5 nitrogen and oxygen atoms in total. The Morgan fingerprint density at radius 3 is 2.08 bits per heavy atom. The van der Waals surface area contributed by atoms with E-state index in [1.54, 1.807) is 0 Å². The molecule has 1 aliphatic heterocycles. The molecule has 0 fully saturated rings. The summed E-state index contributed by atoms with van der Waals surface area (Å²) in [5.41, 5.74) is 3.16. The van der Waals surface area contributed by atoms with Crippen LogP contribution in [0, 0.1) is 0 Å². The van der Waals surface area contributed by atoms with E-state index in [1.807, 2.05) is 78.9 Å². The van der Waals surface area contributed by atoms with Crippen LogP contribution >= 0.6 is 15.9 Å². The number of halogens is 1. The topological polar surface area (TPSA) is 59.4 Å². The molecule has 0 N–H and O–H groups in total. The summed E-state index contributed by atoms with van der Waals surface area (Å²) in [5, 5.41) is 0. The summed E-state index contributed by atoms with van der Waals surface area (Å²) in [5.74, 6) is -0.889. The molecular weight excluding hydrogens is 516 g/mol. The quantitative estimate of drug-likeness (QED) is 0.283. The number of carbonyl (C=O) groups is 2. The highest BCUT2D eigenvalue weighted by Crippen LogP contribution is 2.38. The Hall–Kier alpha value is -3.77. The Kier molecular flexibility index (Phi) is 6.00. The van der Waals surface area contributed by atoms with Gasteiger partial charge in [0.25, 0.3) is 17.4 Å². The van der Waals surface area contributed by atoms with Crippen LogP contribution in [0.2, 0.25) is 0 Å². The number of para-hydroxylation sites is 1. The fourth-order valence-corrected chi connectivity index (χ4v) is 5.23. The minimum atomic E-state index is -0.478. The standard InChI is InChI=1S/C30H25BrN2O3/c1-30(2,3)22-14-8-10-16-24(22)33-25(34)17-21(20-13-7-9-15-23(20)31)26-27(33)29(36)32(28(26)35)18-19-11-5-4-6-12-19/h4-17H,18H2,1-3H3. The second-order valence-electron chi connectivity index (χ2n) is 9.88. The minimum absolute atomic E-state index is 0.103. The molecule has 0 saturated heterocycles. The molecule has 0 spiro atoms. The lowest BCUT2D eigenvalue weighted by Crippen LogP contribution is -2.31. The minimum Gasteiger partial charge on any atom is -0.271 e. The normalized spacial score (nSPS) is 13.3. The predicted molar refractivity (Wildman–Crippen MR) is 145 cm³/mol. The van der Waals surface area contributed by atoms with E-state index >= 15 is 0 Å². The van der Waals surface area contributed by atoms with Crippen LogP contribution in [0.1, 0.15) is 52.7 Å². The van der Waals surface area contributed by atoms with E-state index in [9.17, 15) is 14.4 Å². The van der Waals surface area contributed by atoms with Gasteiger partial charge in [-0.1, -0.05) is 103 Å². The van der Waals surface area contributed by atoms with Crippen molar-refractivity contribution < 1.29 is 9.59 Å². The summed E-state index contributed by atoms with van der Waals surface area (Å²) >= 11 is 3.55. The van der Waals surface area contributed by atoms with Crippen LogP contribution < -0.4 is 5.56 Å². The summed E-state index contributed by atoms with van der Waals surface area (Å²) in [6.45, 7) is 6.29. The Balaban J connectivity index is 1.81. The molecule has 0 saturated carbocycles.